The van der Waals surface area contributed by atoms with E-state index in [2.05, 4.69) is 16.9 Å². The van der Waals surface area contributed by atoms with Crippen molar-refractivity contribution < 1.29 is 4.39 Å². The SMILES string of the molecule is C=Cc1ccc(N)c(C(=N)/C=C/c2ccc(F)c(CC)c2)c1CC.CNCc1ccccn1. The van der Waals surface area contributed by atoms with Gasteiger partial charge in [0, 0.05) is 24.0 Å². The zero-order valence-electron chi connectivity index (χ0n) is 19.7. The summed E-state index contributed by atoms with van der Waals surface area (Å²) in [5.41, 5.74) is 12.4. The number of aromatic nitrogens is 1. The number of hydrogen-bond donors (Lipinski definition) is 3. The molecule has 0 unspecified atom stereocenters. The summed E-state index contributed by atoms with van der Waals surface area (Å²) in [5.74, 6) is -0.194. The smallest absolute Gasteiger partial charge is 0.126 e. The number of nitrogens with one attached hydrogen (secondary N) is 2. The molecule has 0 spiro atoms. The third-order valence-corrected chi connectivity index (χ3v) is 5.20. The average molecular weight is 445 g/mol. The third-order valence-electron chi connectivity index (χ3n) is 5.20. The van der Waals surface area contributed by atoms with E-state index in [1.54, 1.807) is 30.5 Å². The Morgan fingerprint density at radius 1 is 1.15 bits per heavy atom. The molecule has 0 atom stereocenters. The van der Waals surface area contributed by atoms with Gasteiger partial charge in [0.15, 0.2) is 0 Å². The second-order valence-corrected chi connectivity index (χ2v) is 7.46. The predicted molar refractivity (Wildman–Crippen MR) is 139 cm³/mol. The van der Waals surface area contributed by atoms with E-state index >= 15 is 0 Å². The maximum atomic E-state index is 13.6. The van der Waals surface area contributed by atoms with Crippen molar-refractivity contribution in [1.82, 2.24) is 10.3 Å². The van der Waals surface area contributed by atoms with Crippen LogP contribution in [0.25, 0.3) is 12.2 Å². The molecule has 3 rings (SSSR count). The van der Waals surface area contributed by atoms with Crippen LogP contribution in [0.1, 0.15) is 47.4 Å². The number of nitrogen functional groups attached to an aromatic ring is 1. The summed E-state index contributed by atoms with van der Waals surface area (Å²) in [6.45, 7) is 8.63. The molecule has 1 aromatic heterocycles. The van der Waals surface area contributed by atoms with Gasteiger partial charge in [-0.2, -0.15) is 0 Å². The van der Waals surface area contributed by atoms with E-state index < -0.39 is 0 Å². The van der Waals surface area contributed by atoms with Crippen LogP contribution in [0.2, 0.25) is 0 Å². The van der Waals surface area contributed by atoms with Gasteiger partial charge in [0.2, 0.25) is 0 Å². The summed E-state index contributed by atoms with van der Waals surface area (Å²) in [6.07, 6.45) is 8.53. The van der Waals surface area contributed by atoms with E-state index in [4.69, 9.17) is 11.1 Å². The van der Waals surface area contributed by atoms with E-state index in [-0.39, 0.29) is 5.82 Å². The number of nitrogens with zero attached hydrogens (tertiary/aromatic N) is 1. The summed E-state index contributed by atoms with van der Waals surface area (Å²) in [7, 11) is 1.91. The first-order chi connectivity index (χ1) is 15.9. The van der Waals surface area contributed by atoms with Crippen molar-refractivity contribution in [2.75, 3.05) is 12.8 Å². The molecule has 172 valence electrons. The minimum absolute atomic E-state index is 0.194. The molecule has 0 saturated heterocycles. The van der Waals surface area contributed by atoms with Crippen LogP contribution in [0.5, 0.6) is 0 Å². The molecule has 33 heavy (non-hydrogen) atoms. The fraction of sp³-hybridized carbons (Fsp3) is 0.214. The second kappa shape index (κ2) is 13.1. The monoisotopic (exact) mass is 444 g/mol. The largest absolute Gasteiger partial charge is 0.398 e. The first-order valence-electron chi connectivity index (χ1n) is 11.1. The van der Waals surface area contributed by atoms with Gasteiger partial charge >= 0.3 is 0 Å². The fourth-order valence-corrected chi connectivity index (χ4v) is 3.49. The molecule has 5 heteroatoms. The van der Waals surface area contributed by atoms with Gasteiger partial charge in [-0.05, 0) is 78.6 Å². The van der Waals surface area contributed by atoms with E-state index in [9.17, 15) is 4.39 Å². The first-order valence-corrected chi connectivity index (χ1v) is 11.1. The number of rotatable bonds is 8. The maximum Gasteiger partial charge on any atom is 0.126 e. The fourth-order valence-electron chi connectivity index (χ4n) is 3.49. The molecular formula is C28H33FN4. The number of aryl methyl sites for hydroxylation is 1. The highest BCUT2D eigenvalue weighted by atomic mass is 19.1. The van der Waals surface area contributed by atoms with Crippen molar-refractivity contribution in [1.29, 1.82) is 5.41 Å². The molecule has 4 N–H and O–H groups in total. The lowest BCUT2D eigenvalue weighted by Crippen LogP contribution is -2.07. The highest BCUT2D eigenvalue weighted by Crippen LogP contribution is 2.24. The Morgan fingerprint density at radius 3 is 2.55 bits per heavy atom. The first kappa shape index (κ1) is 25.7. The van der Waals surface area contributed by atoms with Crippen LogP contribution >= 0.6 is 0 Å². The standard InChI is InChI=1S/C21H23FN2.C7H10N2/c1-4-15-9-12-20(24)21(17(15)6-3)19(23)11-8-14-7-10-18(22)16(5-2)13-14;1-8-6-7-4-2-3-5-9-7/h4,7-13,23H,1,5-6,24H2,2-3H3;2-5,8H,6H2,1H3/b11-8+,23-19?;. The second-order valence-electron chi connectivity index (χ2n) is 7.46. The number of pyridine rings is 1. The Labute approximate surface area is 196 Å². The minimum atomic E-state index is -0.194. The minimum Gasteiger partial charge on any atom is -0.398 e. The van der Waals surface area contributed by atoms with E-state index in [1.807, 2.05) is 57.3 Å². The molecule has 0 amide bonds. The molecule has 0 aliphatic rings. The maximum absolute atomic E-state index is 13.6. The summed E-state index contributed by atoms with van der Waals surface area (Å²) in [6, 6.07) is 14.6. The highest BCUT2D eigenvalue weighted by Gasteiger charge is 2.12. The van der Waals surface area contributed by atoms with Gasteiger partial charge in [-0.25, -0.2) is 4.39 Å². The van der Waals surface area contributed by atoms with Crippen molar-refractivity contribution in [3.63, 3.8) is 0 Å². The molecular weight excluding hydrogens is 411 g/mol. The molecule has 4 nitrogen and oxygen atoms in total. The van der Waals surface area contributed by atoms with E-state index in [0.717, 1.165) is 40.9 Å². The summed E-state index contributed by atoms with van der Waals surface area (Å²) >= 11 is 0. The third kappa shape index (κ3) is 7.22. The van der Waals surface area contributed by atoms with Crippen LogP contribution in [-0.2, 0) is 19.4 Å². The molecule has 1 heterocycles. The number of anilines is 1. The summed E-state index contributed by atoms with van der Waals surface area (Å²) < 4.78 is 13.6. The zero-order valence-corrected chi connectivity index (χ0v) is 19.7. The molecule has 0 bridgehead atoms. The molecule has 2 aromatic carbocycles. The Kier molecular flexibility index (Phi) is 10.2. The van der Waals surface area contributed by atoms with Crippen LogP contribution in [-0.4, -0.2) is 17.7 Å². The number of halogens is 1. The van der Waals surface area contributed by atoms with Crippen LogP contribution in [0, 0.1) is 11.2 Å². The van der Waals surface area contributed by atoms with Gasteiger partial charge in [-0.15, -0.1) is 0 Å². The molecule has 0 fully saturated rings. The topological polar surface area (TPSA) is 74.8 Å². The van der Waals surface area contributed by atoms with Crippen molar-refractivity contribution >= 4 is 23.6 Å². The quantitative estimate of drug-likeness (QED) is 0.292. The lowest BCUT2D eigenvalue weighted by molar-refractivity contribution is 0.612. The Bertz CT molecular complexity index is 1100. The van der Waals surface area contributed by atoms with Crippen molar-refractivity contribution in [2.24, 2.45) is 0 Å². The van der Waals surface area contributed by atoms with Gasteiger partial charge in [0.05, 0.1) is 11.4 Å². The number of benzene rings is 2. The Balaban J connectivity index is 0.000000357. The average Bonchev–Trinajstić information content (AvgIpc) is 2.84. The van der Waals surface area contributed by atoms with Gasteiger partial charge < -0.3 is 16.5 Å². The predicted octanol–water partition coefficient (Wildman–Crippen LogP) is 6.06. The van der Waals surface area contributed by atoms with Crippen LogP contribution in [0.15, 0.2) is 67.4 Å². The van der Waals surface area contributed by atoms with E-state index in [1.165, 1.54) is 6.07 Å². The van der Waals surface area contributed by atoms with Crippen molar-refractivity contribution in [2.45, 2.75) is 33.2 Å². The van der Waals surface area contributed by atoms with Crippen molar-refractivity contribution in [3.8, 4) is 0 Å². The molecule has 3 aromatic rings. The van der Waals surface area contributed by atoms with Crippen molar-refractivity contribution in [3.05, 3.63) is 107 Å². The summed E-state index contributed by atoms with van der Waals surface area (Å²) in [5, 5.41) is 11.4. The van der Waals surface area contributed by atoms with Crippen LogP contribution in [0.3, 0.4) is 0 Å². The van der Waals surface area contributed by atoms with Gasteiger partial charge in [0.1, 0.15) is 5.82 Å². The lowest BCUT2D eigenvalue weighted by Gasteiger charge is -2.13. The lowest BCUT2D eigenvalue weighted by atomic mass is 9.93. The normalized spacial score (nSPS) is 10.5. The van der Waals surface area contributed by atoms with Crippen LogP contribution < -0.4 is 11.1 Å². The van der Waals surface area contributed by atoms with E-state index in [0.29, 0.717) is 23.4 Å². The van der Waals surface area contributed by atoms with Gasteiger partial charge in [0.25, 0.3) is 0 Å². The Morgan fingerprint density at radius 2 is 1.94 bits per heavy atom. The summed E-state index contributed by atoms with van der Waals surface area (Å²) in [4.78, 5) is 4.11. The zero-order chi connectivity index (χ0) is 24.2. The van der Waals surface area contributed by atoms with Gasteiger partial charge in [-0.1, -0.05) is 50.8 Å². The van der Waals surface area contributed by atoms with Crippen LogP contribution in [0.4, 0.5) is 10.1 Å². The molecule has 0 saturated carbocycles. The Hall–Kier alpha value is -3.57. The van der Waals surface area contributed by atoms with Gasteiger partial charge in [-0.3, -0.25) is 4.98 Å². The number of nitrogens with two attached hydrogens (primary N) is 1. The molecule has 0 aliphatic carbocycles. The number of allylic oxidation sites excluding steroid dienone is 1. The molecule has 0 aliphatic heterocycles. The highest BCUT2D eigenvalue weighted by molar-refractivity contribution is 6.13. The number of hydrogen-bond acceptors (Lipinski definition) is 4. The molecule has 0 radical (unpaired) electrons.